The maximum absolute atomic E-state index is 11.4. The molecule has 1 amide bonds. The molecule has 1 rings (SSSR count). The molecule has 0 heterocycles. The van der Waals surface area contributed by atoms with E-state index >= 15 is 0 Å². The van der Waals surface area contributed by atoms with Crippen LogP contribution in [0.5, 0.6) is 0 Å². The molecule has 1 atom stereocenters. The average Bonchev–Trinajstić information content (AvgIpc) is 2.36. The first-order valence-corrected chi connectivity index (χ1v) is 7.67. The molecule has 0 unspecified atom stereocenters. The maximum atomic E-state index is 11.4. The van der Waals surface area contributed by atoms with Gasteiger partial charge in [0.25, 0.3) is 0 Å². The second-order valence-electron chi connectivity index (χ2n) is 4.03. The smallest absolute Gasteiger partial charge is 0.325 e. The van der Waals surface area contributed by atoms with Crippen molar-refractivity contribution >= 4 is 39.6 Å². The minimum atomic E-state index is -1.02. The Labute approximate surface area is 125 Å². The Kier molecular flexibility index (Phi) is 6.94. The SMILES string of the molecule is C[C@@H](NC(=O)CCCSc1ccc(Br)cc1)C(=O)O. The molecular weight excluding hydrogens is 330 g/mol. The number of carbonyl (C=O) groups is 2. The van der Waals surface area contributed by atoms with E-state index in [4.69, 9.17) is 5.11 Å². The van der Waals surface area contributed by atoms with Crippen molar-refractivity contribution in [2.45, 2.75) is 30.7 Å². The molecule has 6 heteroatoms. The number of amides is 1. The monoisotopic (exact) mass is 345 g/mol. The summed E-state index contributed by atoms with van der Waals surface area (Å²) < 4.78 is 1.04. The summed E-state index contributed by atoms with van der Waals surface area (Å²) in [6.45, 7) is 1.46. The van der Waals surface area contributed by atoms with Crippen LogP contribution >= 0.6 is 27.7 Å². The molecule has 0 aliphatic carbocycles. The number of aliphatic carboxylic acids is 1. The zero-order valence-corrected chi connectivity index (χ0v) is 13.0. The number of carboxylic acid groups (broad SMARTS) is 1. The molecular formula is C13H16BrNO3S. The molecule has 0 saturated heterocycles. The molecule has 0 spiro atoms. The molecule has 0 aliphatic heterocycles. The van der Waals surface area contributed by atoms with E-state index in [2.05, 4.69) is 21.2 Å². The summed E-state index contributed by atoms with van der Waals surface area (Å²) in [6, 6.07) is 7.15. The summed E-state index contributed by atoms with van der Waals surface area (Å²) in [6.07, 6.45) is 1.07. The van der Waals surface area contributed by atoms with E-state index in [1.807, 2.05) is 24.3 Å². The van der Waals surface area contributed by atoms with Gasteiger partial charge in [0.1, 0.15) is 6.04 Å². The number of benzene rings is 1. The van der Waals surface area contributed by atoms with Gasteiger partial charge < -0.3 is 10.4 Å². The van der Waals surface area contributed by atoms with Crippen LogP contribution in [0, 0.1) is 0 Å². The lowest BCUT2D eigenvalue weighted by atomic mass is 10.3. The van der Waals surface area contributed by atoms with E-state index < -0.39 is 12.0 Å². The van der Waals surface area contributed by atoms with Crippen LogP contribution in [0.4, 0.5) is 0 Å². The summed E-state index contributed by atoms with van der Waals surface area (Å²) in [5, 5.41) is 11.1. The van der Waals surface area contributed by atoms with Crippen LogP contribution in [0.25, 0.3) is 0 Å². The van der Waals surface area contributed by atoms with Crippen molar-refractivity contribution in [2.75, 3.05) is 5.75 Å². The van der Waals surface area contributed by atoms with Crippen LogP contribution in [0.1, 0.15) is 19.8 Å². The molecule has 1 aromatic rings. The zero-order valence-electron chi connectivity index (χ0n) is 10.6. The van der Waals surface area contributed by atoms with Crippen molar-refractivity contribution < 1.29 is 14.7 Å². The van der Waals surface area contributed by atoms with Gasteiger partial charge in [0, 0.05) is 15.8 Å². The Bertz CT molecular complexity index is 436. The Balaban J connectivity index is 2.18. The van der Waals surface area contributed by atoms with Crippen LogP contribution in [0.15, 0.2) is 33.6 Å². The van der Waals surface area contributed by atoms with Gasteiger partial charge in [-0.15, -0.1) is 11.8 Å². The normalized spacial score (nSPS) is 11.9. The summed E-state index contributed by atoms with van der Waals surface area (Å²) >= 11 is 5.05. The molecule has 0 aliphatic rings. The lowest BCUT2D eigenvalue weighted by molar-refractivity contribution is -0.141. The molecule has 0 aromatic heterocycles. The van der Waals surface area contributed by atoms with Crippen molar-refractivity contribution in [3.05, 3.63) is 28.7 Å². The van der Waals surface area contributed by atoms with Gasteiger partial charge in [-0.1, -0.05) is 15.9 Å². The van der Waals surface area contributed by atoms with Gasteiger partial charge in [0.05, 0.1) is 0 Å². The van der Waals surface area contributed by atoms with Gasteiger partial charge >= 0.3 is 5.97 Å². The van der Waals surface area contributed by atoms with Crippen molar-refractivity contribution in [1.82, 2.24) is 5.32 Å². The third-order valence-electron chi connectivity index (χ3n) is 2.38. The van der Waals surface area contributed by atoms with Crippen LogP contribution in [-0.4, -0.2) is 28.8 Å². The Morgan fingerprint density at radius 3 is 2.58 bits per heavy atom. The summed E-state index contributed by atoms with van der Waals surface area (Å²) in [5.74, 6) is -0.403. The number of hydrogen-bond acceptors (Lipinski definition) is 3. The first kappa shape index (κ1) is 16.0. The predicted octanol–water partition coefficient (Wildman–Crippen LogP) is 2.91. The number of nitrogens with one attached hydrogen (secondary N) is 1. The molecule has 0 bridgehead atoms. The van der Waals surface area contributed by atoms with Gasteiger partial charge in [-0.2, -0.15) is 0 Å². The van der Waals surface area contributed by atoms with Crippen molar-refractivity contribution in [2.24, 2.45) is 0 Å². The number of rotatable bonds is 7. The van der Waals surface area contributed by atoms with Crippen LogP contribution in [0.2, 0.25) is 0 Å². The average molecular weight is 346 g/mol. The highest BCUT2D eigenvalue weighted by Gasteiger charge is 2.13. The highest BCUT2D eigenvalue weighted by molar-refractivity contribution is 9.10. The molecule has 1 aromatic carbocycles. The number of thioether (sulfide) groups is 1. The van der Waals surface area contributed by atoms with E-state index in [1.54, 1.807) is 11.8 Å². The van der Waals surface area contributed by atoms with Crippen LogP contribution in [0.3, 0.4) is 0 Å². The third kappa shape index (κ3) is 6.63. The fourth-order valence-corrected chi connectivity index (χ4v) is 2.45. The molecule has 0 fully saturated rings. The quantitative estimate of drug-likeness (QED) is 0.589. The topological polar surface area (TPSA) is 66.4 Å². The first-order chi connectivity index (χ1) is 8.99. The molecule has 0 saturated carbocycles. The van der Waals surface area contributed by atoms with Crippen LogP contribution < -0.4 is 5.32 Å². The van der Waals surface area contributed by atoms with E-state index in [0.717, 1.165) is 21.5 Å². The van der Waals surface area contributed by atoms with Gasteiger partial charge in [0.15, 0.2) is 0 Å². The van der Waals surface area contributed by atoms with Gasteiger partial charge in [-0.05, 0) is 43.4 Å². The number of carboxylic acids is 1. The Morgan fingerprint density at radius 1 is 1.37 bits per heavy atom. The number of halogens is 1. The van der Waals surface area contributed by atoms with E-state index in [9.17, 15) is 9.59 Å². The van der Waals surface area contributed by atoms with Gasteiger partial charge in [-0.3, -0.25) is 9.59 Å². The van der Waals surface area contributed by atoms with E-state index in [1.165, 1.54) is 6.92 Å². The third-order valence-corrected chi connectivity index (χ3v) is 4.01. The van der Waals surface area contributed by atoms with Crippen LogP contribution in [-0.2, 0) is 9.59 Å². The second-order valence-corrected chi connectivity index (χ2v) is 6.12. The van der Waals surface area contributed by atoms with Gasteiger partial charge in [0.2, 0.25) is 5.91 Å². The lowest BCUT2D eigenvalue weighted by Crippen LogP contribution is -2.38. The summed E-state index contributed by atoms with van der Waals surface area (Å²) in [5.41, 5.74) is 0. The predicted molar refractivity (Wildman–Crippen MR) is 79.3 cm³/mol. The number of hydrogen-bond donors (Lipinski definition) is 2. The minimum absolute atomic E-state index is 0.216. The first-order valence-electron chi connectivity index (χ1n) is 5.89. The van der Waals surface area contributed by atoms with E-state index in [0.29, 0.717) is 6.42 Å². The molecule has 0 radical (unpaired) electrons. The molecule has 104 valence electrons. The molecule has 2 N–H and O–H groups in total. The fraction of sp³-hybridized carbons (Fsp3) is 0.385. The molecule has 4 nitrogen and oxygen atoms in total. The standard InChI is InChI=1S/C13H16BrNO3S/c1-9(13(17)18)15-12(16)3-2-8-19-11-6-4-10(14)5-7-11/h4-7,9H,2-3,8H2,1H3,(H,15,16)(H,17,18)/t9-/m1/s1. The van der Waals surface area contributed by atoms with Gasteiger partial charge in [-0.25, -0.2) is 0 Å². The zero-order chi connectivity index (χ0) is 14.3. The maximum Gasteiger partial charge on any atom is 0.325 e. The Hall–Kier alpha value is -1.01. The lowest BCUT2D eigenvalue weighted by Gasteiger charge is -2.08. The van der Waals surface area contributed by atoms with E-state index in [-0.39, 0.29) is 5.91 Å². The highest BCUT2D eigenvalue weighted by atomic mass is 79.9. The van der Waals surface area contributed by atoms with Crippen molar-refractivity contribution in [1.29, 1.82) is 0 Å². The fourth-order valence-electron chi connectivity index (χ4n) is 1.33. The minimum Gasteiger partial charge on any atom is -0.480 e. The highest BCUT2D eigenvalue weighted by Crippen LogP contribution is 2.21. The summed E-state index contributed by atoms with van der Waals surface area (Å²) in [7, 11) is 0. The largest absolute Gasteiger partial charge is 0.480 e. The summed E-state index contributed by atoms with van der Waals surface area (Å²) in [4.78, 5) is 23.1. The second kappa shape index (κ2) is 8.22. The van der Waals surface area contributed by atoms with Crippen molar-refractivity contribution in [3.8, 4) is 0 Å². The molecule has 19 heavy (non-hydrogen) atoms. The van der Waals surface area contributed by atoms with Crippen molar-refractivity contribution in [3.63, 3.8) is 0 Å². The number of carbonyl (C=O) groups excluding carboxylic acids is 1. The Morgan fingerprint density at radius 2 is 2.00 bits per heavy atom.